The van der Waals surface area contributed by atoms with E-state index in [1.54, 1.807) is 12.1 Å². The number of halogens is 1. The fourth-order valence-electron chi connectivity index (χ4n) is 3.86. The Hall–Kier alpha value is -2.88. The van der Waals surface area contributed by atoms with Crippen molar-refractivity contribution in [3.05, 3.63) is 82.8 Å². The quantitative estimate of drug-likeness (QED) is 0.648. The van der Waals surface area contributed by atoms with Gasteiger partial charge in [0, 0.05) is 29.7 Å². The number of nitrogens with one attached hydrogen (secondary N) is 1. The molecule has 0 spiro atoms. The maximum absolute atomic E-state index is 13.2. The van der Waals surface area contributed by atoms with E-state index in [4.69, 9.17) is 0 Å². The first-order chi connectivity index (χ1) is 13.0. The Kier molecular flexibility index (Phi) is 4.56. The molecule has 1 N–H and O–H groups in total. The van der Waals surface area contributed by atoms with Crippen molar-refractivity contribution in [1.29, 1.82) is 0 Å². The molecule has 0 amide bonds. The second-order valence-corrected chi connectivity index (χ2v) is 7.19. The molecule has 0 aliphatic carbocycles. The first-order valence-electron chi connectivity index (χ1n) is 9.38. The van der Waals surface area contributed by atoms with Gasteiger partial charge in [0.2, 0.25) is 0 Å². The van der Waals surface area contributed by atoms with Gasteiger partial charge in [-0.1, -0.05) is 24.3 Å². The first kappa shape index (κ1) is 17.5. The highest BCUT2D eigenvalue weighted by Crippen LogP contribution is 2.36. The summed E-state index contributed by atoms with van der Waals surface area (Å²) in [6.45, 7) is 7.42. The van der Waals surface area contributed by atoms with Crippen LogP contribution < -0.4 is 10.2 Å². The predicted octanol–water partition coefficient (Wildman–Crippen LogP) is 5.70. The summed E-state index contributed by atoms with van der Waals surface area (Å²) in [5, 5.41) is 3.31. The number of hydrogen-bond donors (Lipinski definition) is 1. The summed E-state index contributed by atoms with van der Waals surface area (Å²) < 4.78 is 13.2. The van der Waals surface area contributed by atoms with Crippen LogP contribution in [0, 0.1) is 19.7 Å². The summed E-state index contributed by atoms with van der Waals surface area (Å²) in [6, 6.07) is 17.5. The highest BCUT2D eigenvalue weighted by atomic mass is 19.1. The second-order valence-electron chi connectivity index (χ2n) is 7.19. The van der Waals surface area contributed by atoms with Crippen LogP contribution in [0.2, 0.25) is 0 Å². The van der Waals surface area contributed by atoms with E-state index >= 15 is 0 Å². The highest BCUT2D eigenvalue weighted by molar-refractivity contribution is 5.66. The molecule has 4 rings (SSSR count). The van der Waals surface area contributed by atoms with Crippen molar-refractivity contribution >= 4 is 17.2 Å². The minimum Gasteiger partial charge on any atom is -0.364 e. The van der Waals surface area contributed by atoms with E-state index in [-0.39, 0.29) is 5.82 Å². The predicted molar refractivity (Wildman–Crippen MR) is 109 cm³/mol. The molecule has 1 aliphatic rings. The molecule has 4 heteroatoms. The summed E-state index contributed by atoms with van der Waals surface area (Å²) in [5.74, 6) is 0.542. The Morgan fingerprint density at radius 1 is 1.07 bits per heavy atom. The smallest absolute Gasteiger partial charge is 0.132 e. The van der Waals surface area contributed by atoms with Gasteiger partial charge in [-0.15, -0.1) is 0 Å². The molecule has 0 saturated heterocycles. The van der Waals surface area contributed by atoms with Gasteiger partial charge in [-0.25, -0.2) is 9.37 Å². The molecule has 0 bridgehead atoms. The Balaban J connectivity index is 1.68. The molecule has 1 aromatic heterocycles. The molecule has 1 aliphatic heterocycles. The lowest BCUT2D eigenvalue weighted by Gasteiger charge is -2.38. The molecule has 0 saturated carbocycles. The van der Waals surface area contributed by atoms with Crippen molar-refractivity contribution < 1.29 is 4.39 Å². The van der Waals surface area contributed by atoms with Gasteiger partial charge in [0.05, 0.1) is 6.04 Å². The number of aromatic nitrogens is 1. The van der Waals surface area contributed by atoms with Crippen LogP contribution in [0.4, 0.5) is 21.6 Å². The van der Waals surface area contributed by atoms with Gasteiger partial charge < -0.3 is 10.2 Å². The topological polar surface area (TPSA) is 28.2 Å². The maximum atomic E-state index is 13.2. The third-order valence-corrected chi connectivity index (χ3v) is 5.51. The fraction of sp³-hybridized carbons (Fsp3) is 0.261. The van der Waals surface area contributed by atoms with E-state index in [1.165, 1.54) is 34.5 Å². The van der Waals surface area contributed by atoms with Gasteiger partial charge >= 0.3 is 0 Å². The van der Waals surface area contributed by atoms with Gasteiger partial charge in [-0.2, -0.15) is 0 Å². The van der Waals surface area contributed by atoms with Crippen LogP contribution >= 0.6 is 0 Å². The van der Waals surface area contributed by atoms with Crippen molar-refractivity contribution in [3.63, 3.8) is 0 Å². The minimum atomic E-state index is -0.241. The Labute approximate surface area is 159 Å². The average molecular weight is 361 g/mol. The van der Waals surface area contributed by atoms with E-state index < -0.39 is 0 Å². The Morgan fingerprint density at radius 2 is 1.81 bits per heavy atom. The molecule has 138 valence electrons. The third kappa shape index (κ3) is 3.39. The third-order valence-electron chi connectivity index (χ3n) is 5.51. The zero-order chi connectivity index (χ0) is 19.0. The number of hydrogen-bond acceptors (Lipinski definition) is 3. The van der Waals surface area contributed by atoms with Crippen molar-refractivity contribution in [3.8, 4) is 0 Å². The lowest BCUT2D eigenvalue weighted by Crippen LogP contribution is -2.34. The van der Waals surface area contributed by atoms with E-state index in [2.05, 4.69) is 59.4 Å². The number of fused-ring (bicyclic) bond motifs is 1. The second kappa shape index (κ2) is 7.03. The fourth-order valence-corrected chi connectivity index (χ4v) is 3.86. The molecular weight excluding hydrogens is 337 g/mol. The maximum Gasteiger partial charge on any atom is 0.132 e. The number of rotatable bonds is 3. The van der Waals surface area contributed by atoms with Gasteiger partial charge in [0.25, 0.3) is 0 Å². The number of anilines is 3. The van der Waals surface area contributed by atoms with Crippen LogP contribution in [-0.4, -0.2) is 11.5 Å². The van der Waals surface area contributed by atoms with Crippen LogP contribution in [0.25, 0.3) is 0 Å². The molecular formula is C23H24FN3. The van der Waals surface area contributed by atoms with Crippen molar-refractivity contribution in [2.75, 3.05) is 16.8 Å². The minimum absolute atomic E-state index is 0.241. The van der Waals surface area contributed by atoms with Crippen LogP contribution in [0.3, 0.4) is 0 Å². The molecule has 1 atom stereocenters. The normalized spacial score (nSPS) is 16.1. The summed E-state index contributed by atoms with van der Waals surface area (Å²) in [5.41, 5.74) is 7.07. The van der Waals surface area contributed by atoms with E-state index in [0.717, 1.165) is 30.2 Å². The lowest BCUT2D eigenvalue weighted by atomic mass is 9.92. The van der Waals surface area contributed by atoms with Crippen LogP contribution in [-0.2, 0) is 6.42 Å². The van der Waals surface area contributed by atoms with Gasteiger partial charge in [-0.3, -0.25) is 0 Å². The summed E-state index contributed by atoms with van der Waals surface area (Å²) in [6.07, 6.45) is 1.04. The number of aryl methyl sites for hydroxylation is 1. The van der Waals surface area contributed by atoms with Gasteiger partial charge in [-0.05, 0) is 68.1 Å². The molecule has 0 radical (unpaired) electrons. The standard InChI is InChI=1S/C23H24FN3/c1-15-16(2)25-23(26-20-10-8-19(24)9-11-20)14-22(15)27-13-12-18-6-4-5-7-21(18)17(27)3/h4-11,14,17H,12-13H2,1-3H3,(H,25,26)/t17-/m0/s1. The number of nitrogens with zero attached hydrogens (tertiary/aromatic N) is 2. The molecule has 2 heterocycles. The van der Waals surface area contributed by atoms with Crippen LogP contribution in [0.15, 0.2) is 54.6 Å². The molecule has 3 nitrogen and oxygen atoms in total. The monoisotopic (exact) mass is 361 g/mol. The zero-order valence-corrected chi connectivity index (χ0v) is 16.0. The van der Waals surface area contributed by atoms with Gasteiger partial charge in [0.1, 0.15) is 11.6 Å². The van der Waals surface area contributed by atoms with Crippen LogP contribution in [0.5, 0.6) is 0 Å². The molecule has 27 heavy (non-hydrogen) atoms. The van der Waals surface area contributed by atoms with E-state index in [0.29, 0.717) is 6.04 Å². The van der Waals surface area contributed by atoms with Crippen molar-refractivity contribution in [2.24, 2.45) is 0 Å². The van der Waals surface area contributed by atoms with Crippen LogP contribution in [0.1, 0.15) is 35.3 Å². The summed E-state index contributed by atoms with van der Waals surface area (Å²) in [4.78, 5) is 7.14. The summed E-state index contributed by atoms with van der Waals surface area (Å²) in [7, 11) is 0. The van der Waals surface area contributed by atoms with E-state index in [1.807, 2.05) is 6.92 Å². The SMILES string of the molecule is Cc1nc(Nc2ccc(F)cc2)cc(N2CCc3ccccc3[C@@H]2C)c1C. The van der Waals surface area contributed by atoms with Crippen molar-refractivity contribution in [2.45, 2.75) is 33.2 Å². The molecule has 2 aromatic carbocycles. The molecule has 0 fully saturated rings. The number of pyridine rings is 1. The lowest BCUT2D eigenvalue weighted by molar-refractivity contribution is 0.622. The Morgan fingerprint density at radius 3 is 2.59 bits per heavy atom. The molecule has 0 unspecified atom stereocenters. The van der Waals surface area contributed by atoms with Gasteiger partial charge in [0.15, 0.2) is 0 Å². The van der Waals surface area contributed by atoms with Crippen molar-refractivity contribution in [1.82, 2.24) is 4.98 Å². The van der Waals surface area contributed by atoms with E-state index in [9.17, 15) is 4.39 Å². The first-order valence-corrected chi connectivity index (χ1v) is 9.38. The molecule has 3 aromatic rings. The average Bonchev–Trinajstić information content (AvgIpc) is 2.67. The highest BCUT2D eigenvalue weighted by Gasteiger charge is 2.25. The Bertz CT molecular complexity index is 966. The largest absolute Gasteiger partial charge is 0.364 e. The number of benzene rings is 2. The summed E-state index contributed by atoms with van der Waals surface area (Å²) >= 11 is 0. The zero-order valence-electron chi connectivity index (χ0n) is 16.0.